The molecule has 0 amide bonds. The Morgan fingerprint density at radius 3 is 2.95 bits per heavy atom. The van der Waals surface area contributed by atoms with Gasteiger partial charge in [0.15, 0.2) is 0 Å². The van der Waals surface area contributed by atoms with Crippen LogP contribution in [0.15, 0.2) is 46.4 Å². The van der Waals surface area contributed by atoms with Gasteiger partial charge in [-0.1, -0.05) is 25.1 Å². The molecule has 0 radical (unpaired) electrons. The highest BCUT2D eigenvalue weighted by molar-refractivity contribution is 7.17. The van der Waals surface area contributed by atoms with Crippen molar-refractivity contribution in [2.75, 3.05) is 6.54 Å². The minimum absolute atomic E-state index is 0.199. The SMILES string of the molecule is CCNC(c1coc(C)c1)c1cccc2ccsc12. The molecule has 2 heterocycles. The van der Waals surface area contributed by atoms with Crippen molar-refractivity contribution in [2.24, 2.45) is 0 Å². The molecule has 3 aromatic rings. The van der Waals surface area contributed by atoms with Crippen molar-refractivity contribution in [2.45, 2.75) is 19.9 Å². The molecule has 2 aromatic heterocycles. The monoisotopic (exact) mass is 271 g/mol. The number of nitrogens with one attached hydrogen (secondary N) is 1. The normalized spacial score (nSPS) is 12.9. The lowest BCUT2D eigenvalue weighted by Crippen LogP contribution is -2.21. The molecule has 0 spiro atoms. The molecule has 0 bridgehead atoms. The van der Waals surface area contributed by atoms with Crippen LogP contribution in [0.25, 0.3) is 10.1 Å². The fraction of sp³-hybridized carbons (Fsp3) is 0.250. The van der Waals surface area contributed by atoms with E-state index in [0.29, 0.717) is 0 Å². The second-order valence-electron chi connectivity index (χ2n) is 4.67. The predicted molar refractivity (Wildman–Crippen MR) is 80.8 cm³/mol. The highest BCUT2D eigenvalue weighted by Gasteiger charge is 2.17. The van der Waals surface area contributed by atoms with Crippen molar-refractivity contribution in [3.63, 3.8) is 0 Å². The average Bonchev–Trinajstić information content (AvgIpc) is 3.04. The molecule has 0 fully saturated rings. The number of fused-ring (bicyclic) bond motifs is 1. The molecule has 0 saturated heterocycles. The van der Waals surface area contributed by atoms with E-state index in [1.54, 1.807) is 11.3 Å². The Bertz CT molecular complexity index is 683. The Labute approximate surface area is 117 Å². The number of thiophene rings is 1. The minimum Gasteiger partial charge on any atom is -0.469 e. The third kappa shape index (κ3) is 2.31. The van der Waals surface area contributed by atoms with E-state index < -0.39 is 0 Å². The van der Waals surface area contributed by atoms with Crippen LogP contribution in [-0.4, -0.2) is 6.54 Å². The lowest BCUT2D eigenvalue weighted by atomic mass is 9.99. The van der Waals surface area contributed by atoms with Crippen molar-refractivity contribution in [3.05, 3.63) is 58.9 Å². The molecule has 0 aliphatic carbocycles. The summed E-state index contributed by atoms with van der Waals surface area (Å²) in [4.78, 5) is 0. The Hall–Kier alpha value is -1.58. The molecule has 3 rings (SSSR count). The molecule has 19 heavy (non-hydrogen) atoms. The molecular formula is C16H17NOS. The molecule has 1 unspecified atom stereocenters. The summed E-state index contributed by atoms with van der Waals surface area (Å²) in [5, 5.41) is 7.02. The quantitative estimate of drug-likeness (QED) is 0.755. The summed E-state index contributed by atoms with van der Waals surface area (Å²) < 4.78 is 6.82. The summed E-state index contributed by atoms with van der Waals surface area (Å²) in [7, 11) is 0. The van der Waals surface area contributed by atoms with E-state index in [1.807, 2.05) is 13.2 Å². The number of hydrogen-bond acceptors (Lipinski definition) is 3. The molecule has 1 N–H and O–H groups in total. The summed E-state index contributed by atoms with van der Waals surface area (Å²) in [6.45, 7) is 5.05. The smallest absolute Gasteiger partial charge is 0.101 e. The van der Waals surface area contributed by atoms with Crippen molar-refractivity contribution in [1.29, 1.82) is 0 Å². The molecule has 0 aliphatic rings. The molecule has 0 aliphatic heterocycles. The van der Waals surface area contributed by atoms with Gasteiger partial charge in [0.05, 0.1) is 12.3 Å². The standard InChI is InChI=1S/C16H17NOS/c1-3-17-15(13-9-11(2)18-10-13)14-6-4-5-12-7-8-19-16(12)14/h4-10,15,17H,3H2,1-2H3. The maximum Gasteiger partial charge on any atom is 0.101 e. The van der Waals surface area contributed by atoms with Crippen LogP contribution in [0.5, 0.6) is 0 Å². The summed E-state index contributed by atoms with van der Waals surface area (Å²) in [6, 6.07) is 11.0. The third-order valence-electron chi connectivity index (χ3n) is 3.31. The van der Waals surface area contributed by atoms with Crippen molar-refractivity contribution >= 4 is 21.4 Å². The average molecular weight is 271 g/mol. The Balaban J connectivity index is 2.11. The van der Waals surface area contributed by atoms with Crippen molar-refractivity contribution in [1.82, 2.24) is 5.32 Å². The van der Waals surface area contributed by atoms with Gasteiger partial charge >= 0.3 is 0 Å². The first kappa shape index (κ1) is 12.5. The molecular weight excluding hydrogens is 254 g/mol. The second-order valence-corrected chi connectivity index (χ2v) is 5.58. The maximum absolute atomic E-state index is 5.47. The van der Waals surface area contributed by atoms with E-state index in [-0.39, 0.29) is 6.04 Å². The third-order valence-corrected chi connectivity index (χ3v) is 4.29. The Kier molecular flexibility index (Phi) is 3.40. The first-order valence-electron chi connectivity index (χ1n) is 6.54. The van der Waals surface area contributed by atoms with Gasteiger partial charge in [0.25, 0.3) is 0 Å². The zero-order valence-electron chi connectivity index (χ0n) is 11.1. The fourth-order valence-corrected chi connectivity index (χ4v) is 3.41. The van der Waals surface area contributed by atoms with Crippen LogP contribution in [0.3, 0.4) is 0 Å². The lowest BCUT2D eigenvalue weighted by Gasteiger charge is -2.17. The highest BCUT2D eigenvalue weighted by atomic mass is 32.1. The van der Waals surface area contributed by atoms with Gasteiger partial charge in [0.2, 0.25) is 0 Å². The topological polar surface area (TPSA) is 25.2 Å². The number of aryl methyl sites for hydroxylation is 1. The fourth-order valence-electron chi connectivity index (χ4n) is 2.47. The molecule has 2 nitrogen and oxygen atoms in total. The summed E-state index contributed by atoms with van der Waals surface area (Å²) in [6.07, 6.45) is 1.86. The van der Waals surface area contributed by atoms with Crippen LogP contribution < -0.4 is 5.32 Å². The molecule has 0 saturated carbocycles. The van der Waals surface area contributed by atoms with Crippen LogP contribution in [-0.2, 0) is 0 Å². The van der Waals surface area contributed by atoms with Gasteiger partial charge in [0, 0.05) is 10.3 Å². The summed E-state index contributed by atoms with van der Waals surface area (Å²) in [5.74, 6) is 0.955. The van der Waals surface area contributed by atoms with E-state index in [0.717, 1.165) is 12.3 Å². The molecule has 3 heteroatoms. The van der Waals surface area contributed by atoms with E-state index in [9.17, 15) is 0 Å². The summed E-state index contributed by atoms with van der Waals surface area (Å²) in [5.41, 5.74) is 2.52. The largest absolute Gasteiger partial charge is 0.469 e. The Morgan fingerprint density at radius 1 is 1.32 bits per heavy atom. The van der Waals surface area contributed by atoms with Gasteiger partial charge in [0.1, 0.15) is 5.76 Å². The molecule has 1 atom stereocenters. The Morgan fingerprint density at radius 2 is 2.21 bits per heavy atom. The zero-order chi connectivity index (χ0) is 13.2. The van der Waals surface area contributed by atoms with Gasteiger partial charge < -0.3 is 9.73 Å². The zero-order valence-corrected chi connectivity index (χ0v) is 12.0. The van der Waals surface area contributed by atoms with Crippen molar-refractivity contribution < 1.29 is 4.42 Å². The summed E-state index contributed by atoms with van der Waals surface area (Å²) >= 11 is 1.80. The van der Waals surface area contributed by atoms with Gasteiger partial charge in [-0.05, 0) is 41.9 Å². The molecule has 98 valence electrons. The molecule has 1 aromatic carbocycles. The van der Waals surface area contributed by atoms with Crippen LogP contribution in [0.1, 0.15) is 29.9 Å². The van der Waals surface area contributed by atoms with Crippen LogP contribution in [0.4, 0.5) is 0 Å². The van der Waals surface area contributed by atoms with E-state index >= 15 is 0 Å². The number of furan rings is 1. The first-order valence-corrected chi connectivity index (χ1v) is 7.42. The predicted octanol–water partition coefficient (Wildman–Crippen LogP) is 4.50. The maximum atomic E-state index is 5.47. The van der Waals surface area contributed by atoms with Crippen LogP contribution in [0.2, 0.25) is 0 Å². The van der Waals surface area contributed by atoms with Crippen LogP contribution in [0, 0.1) is 6.92 Å². The second kappa shape index (κ2) is 5.19. The lowest BCUT2D eigenvalue weighted by molar-refractivity contribution is 0.526. The van der Waals surface area contributed by atoms with E-state index in [1.165, 1.54) is 21.2 Å². The van der Waals surface area contributed by atoms with Crippen LogP contribution >= 0.6 is 11.3 Å². The van der Waals surface area contributed by atoms with Gasteiger partial charge in [-0.3, -0.25) is 0 Å². The van der Waals surface area contributed by atoms with E-state index in [2.05, 4.69) is 48.0 Å². The van der Waals surface area contributed by atoms with Crippen molar-refractivity contribution in [3.8, 4) is 0 Å². The number of rotatable bonds is 4. The highest BCUT2D eigenvalue weighted by Crippen LogP contribution is 2.32. The van der Waals surface area contributed by atoms with Gasteiger partial charge in [-0.2, -0.15) is 0 Å². The van der Waals surface area contributed by atoms with Gasteiger partial charge in [-0.15, -0.1) is 11.3 Å². The minimum atomic E-state index is 0.199. The van der Waals surface area contributed by atoms with E-state index in [4.69, 9.17) is 4.42 Å². The number of hydrogen-bond donors (Lipinski definition) is 1. The first-order chi connectivity index (χ1) is 9.29. The van der Waals surface area contributed by atoms with Gasteiger partial charge in [-0.25, -0.2) is 0 Å². The number of benzene rings is 1.